The van der Waals surface area contributed by atoms with Crippen LogP contribution >= 0.6 is 11.6 Å². The van der Waals surface area contributed by atoms with Crippen molar-refractivity contribution in [1.82, 2.24) is 0 Å². The first-order chi connectivity index (χ1) is 4.94. The van der Waals surface area contributed by atoms with Gasteiger partial charge in [-0.1, -0.05) is 13.8 Å². The van der Waals surface area contributed by atoms with Crippen molar-refractivity contribution in [3.63, 3.8) is 0 Å². The molecule has 64 valence electrons. The Morgan fingerprint density at radius 1 is 1.18 bits per heavy atom. The van der Waals surface area contributed by atoms with Crippen molar-refractivity contribution in [2.45, 2.75) is 44.9 Å². The van der Waals surface area contributed by atoms with Crippen LogP contribution in [0.1, 0.15) is 40.0 Å². The number of fused-ring (bicyclic) bond motifs is 2. The Labute approximate surface area is 74.3 Å². The normalized spacial score (nSPS) is 53.5. The van der Waals surface area contributed by atoms with Crippen LogP contribution < -0.4 is 0 Å². The van der Waals surface area contributed by atoms with Crippen LogP contribution in [-0.4, -0.2) is 4.87 Å². The molecule has 0 heterocycles. The molecule has 0 nitrogen and oxygen atoms in total. The zero-order valence-electron chi connectivity index (χ0n) is 7.65. The first-order valence-electron chi connectivity index (χ1n) is 4.63. The minimum Gasteiger partial charge on any atom is -0.119 e. The molecule has 0 saturated heterocycles. The summed E-state index contributed by atoms with van der Waals surface area (Å²) in [5, 5.41) is 0. The van der Waals surface area contributed by atoms with Gasteiger partial charge in [-0.2, -0.15) is 0 Å². The summed E-state index contributed by atoms with van der Waals surface area (Å²) in [7, 11) is 0. The molecule has 0 aromatic rings. The van der Waals surface area contributed by atoms with E-state index < -0.39 is 0 Å². The Balaban J connectivity index is 2.33. The van der Waals surface area contributed by atoms with Crippen LogP contribution in [0.15, 0.2) is 0 Å². The molecule has 0 radical (unpaired) electrons. The molecule has 2 aliphatic rings. The second-order valence-electron chi connectivity index (χ2n) is 5.13. The van der Waals surface area contributed by atoms with E-state index >= 15 is 0 Å². The number of hydrogen-bond acceptors (Lipinski definition) is 0. The van der Waals surface area contributed by atoms with Gasteiger partial charge in [0.2, 0.25) is 0 Å². The Hall–Kier alpha value is 0.290. The monoisotopic (exact) mass is 172 g/mol. The Kier molecular flexibility index (Phi) is 1.41. The summed E-state index contributed by atoms with van der Waals surface area (Å²) in [5.74, 6) is 1.66. The molecule has 3 unspecified atom stereocenters. The molecule has 0 amide bonds. The van der Waals surface area contributed by atoms with Crippen LogP contribution in [0, 0.1) is 17.3 Å². The molecule has 0 aromatic heterocycles. The lowest BCUT2D eigenvalue weighted by molar-refractivity contribution is 0.248. The summed E-state index contributed by atoms with van der Waals surface area (Å²) in [6, 6.07) is 0. The van der Waals surface area contributed by atoms with E-state index in [1.54, 1.807) is 0 Å². The molecule has 2 bridgehead atoms. The number of halogens is 1. The quantitative estimate of drug-likeness (QED) is 0.491. The topological polar surface area (TPSA) is 0 Å². The van der Waals surface area contributed by atoms with E-state index in [1.807, 2.05) is 0 Å². The van der Waals surface area contributed by atoms with Crippen molar-refractivity contribution < 1.29 is 0 Å². The number of hydrogen-bond donors (Lipinski definition) is 0. The maximum absolute atomic E-state index is 6.45. The van der Waals surface area contributed by atoms with Crippen LogP contribution in [-0.2, 0) is 0 Å². The molecule has 0 spiro atoms. The summed E-state index contributed by atoms with van der Waals surface area (Å²) in [6.07, 6.45) is 4.02. The predicted molar refractivity (Wildman–Crippen MR) is 48.9 cm³/mol. The molecular weight excluding hydrogens is 156 g/mol. The fraction of sp³-hybridized carbons (Fsp3) is 1.00. The molecule has 2 fully saturated rings. The smallest absolute Gasteiger partial charge is 0.0454 e. The van der Waals surface area contributed by atoms with E-state index in [0.717, 1.165) is 11.8 Å². The first-order valence-corrected chi connectivity index (χ1v) is 5.01. The fourth-order valence-corrected chi connectivity index (χ4v) is 4.04. The molecule has 0 aromatic carbocycles. The third kappa shape index (κ3) is 0.884. The standard InChI is InChI=1S/C10H17Cl/c1-9(2)7-4-5-8(9)10(3,11)6-7/h7-8H,4-6H2,1-3H3. The van der Waals surface area contributed by atoms with Gasteiger partial charge in [0.05, 0.1) is 0 Å². The van der Waals surface area contributed by atoms with Crippen molar-refractivity contribution in [2.24, 2.45) is 17.3 Å². The highest BCUT2D eigenvalue weighted by molar-refractivity contribution is 6.24. The highest BCUT2D eigenvalue weighted by Crippen LogP contribution is 2.63. The second-order valence-corrected chi connectivity index (χ2v) is 5.99. The third-order valence-corrected chi connectivity index (χ3v) is 4.54. The van der Waals surface area contributed by atoms with Gasteiger partial charge >= 0.3 is 0 Å². The highest BCUT2D eigenvalue weighted by atomic mass is 35.5. The molecule has 2 saturated carbocycles. The van der Waals surface area contributed by atoms with E-state index in [4.69, 9.17) is 11.6 Å². The van der Waals surface area contributed by atoms with Gasteiger partial charge < -0.3 is 0 Å². The van der Waals surface area contributed by atoms with Gasteiger partial charge in [-0.3, -0.25) is 0 Å². The third-order valence-electron chi connectivity index (χ3n) is 4.13. The van der Waals surface area contributed by atoms with E-state index in [0.29, 0.717) is 5.41 Å². The highest BCUT2D eigenvalue weighted by Gasteiger charge is 2.58. The van der Waals surface area contributed by atoms with Gasteiger partial charge in [-0.15, -0.1) is 11.6 Å². The molecule has 11 heavy (non-hydrogen) atoms. The minimum absolute atomic E-state index is 0.117. The lowest BCUT2D eigenvalue weighted by Gasteiger charge is -2.30. The lowest BCUT2D eigenvalue weighted by Crippen LogP contribution is -2.28. The molecule has 2 aliphatic carbocycles. The molecule has 0 N–H and O–H groups in total. The van der Waals surface area contributed by atoms with Gasteiger partial charge in [0.25, 0.3) is 0 Å². The van der Waals surface area contributed by atoms with Gasteiger partial charge in [0.15, 0.2) is 0 Å². The Bertz CT molecular complexity index is 181. The van der Waals surface area contributed by atoms with Gasteiger partial charge in [0, 0.05) is 4.87 Å². The lowest BCUT2D eigenvalue weighted by atomic mass is 9.80. The van der Waals surface area contributed by atoms with E-state index in [9.17, 15) is 0 Å². The fourth-order valence-electron chi connectivity index (χ4n) is 3.46. The summed E-state index contributed by atoms with van der Waals surface area (Å²) in [4.78, 5) is 0.117. The van der Waals surface area contributed by atoms with Crippen molar-refractivity contribution >= 4 is 11.6 Å². The zero-order valence-corrected chi connectivity index (χ0v) is 8.41. The van der Waals surface area contributed by atoms with E-state index in [1.165, 1.54) is 19.3 Å². The Morgan fingerprint density at radius 3 is 2.00 bits per heavy atom. The molecule has 1 heteroatoms. The van der Waals surface area contributed by atoms with Crippen molar-refractivity contribution in [3.8, 4) is 0 Å². The molecule has 0 aliphatic heterocycles. The maximum Gasteiger partial charge on any atom is 0.0454 e. The summed E-state index contributed by atoms with van der Waals surface area (Å²) < 4.78 is 0. The van der Waals surface area contributed by atoms with Crippen LogP contribution in [0.2, 0.25) is 0 Å². The molecule has 3 atom stereocenters. The van der Waals surface area contributed by atoms with Crippen LogP contribution in [0.4, 0.5) is 0 Å². The van der Waals surface area contributed by atoms with Crippen LogP contribution in [0.5, 0.6) is 0 Å². The summed E-state index contributed by atoms with van der Waals surface area (Å²) >= 11 is 6.45. The largest absolute Gasteiger partial charge is 0.119 e. The van der Waals surface area contributed by atoms with Crippen molar-refractivity contribution in [3.05, 3.63) is 0 Å². The SMILES string of the molecule is CC1(Cl)CC2CCC1C2(C)C. The number of rotatable bonds is 0. The average molecular weight is 173 g/mol. The van der Waals surface area contributed by atoms with E-state index in [-0.39, 0.29) is 4.87 Å². The average Bonchev–Trinajstić information content (AvgIpc) is 2.15. The van der Waals surface area contributed by atoms with Gasteiger partial charge in [0.1, 0.15) is 0 Å². The first kappa shape index (κ1) is 7.91. The summed E-state index contributed by atoms with van der Waals surface area (Å²) in [5.41, 5.74) is 0.524. The molecule has 2 rings (SSSR count). The van der Waals surface area contributed by atoms with Crippen molar-refractivity contribution in [1.29, 1.82) is 0 Å². The predicted octanol–water partition coefficient (Wildman–Crippen LogP) is 3.44. The zero-order chi connectivity index (χ0) is 8.28. The second kappa shape index (κ2) is 1.96. The number of alkyl halides is 1. The summed E-state index contributed by atoms with van der Waals surface area (Å²) in [6.45, 7) is 7.01. The van der Waals surface area contributed by atoms with Crippen molar-refractivity contribution in [2.75, 3.05) is 0 Å². The van der Waals surface area contributed by atoms with Gasteiger partial charge in [-0.25, -0.2) is 0 Å². The van der Waals surface area contributed by atoms with Crippen LogP contribution in [0.3, 0.4) is 0 Å². The molecular formula is C10H17Cl. The maximum atomic E-state index is 6.45. The van der Waals surface area contributed by atoms with Gasteiger partial charge in [-0.05, 0) is 43.4 Å². The van der Waals surface area contributed by atoms with E-state index in [2.05, 4.69) is 20.8 Å². The minimum atomic E-state index is 0.117. The van der Waals surface area contributed by atoms with Crippen LogP contribution in [0.25, 0.3) is 0 Å². The Morgan fingerprint density at radius 2 is 1.82 bits per heavy atom.